The second-order valence-corrected chi connectivity index (χ2v) is 5.81. The summed E-state index contributed by atoms with van der Waals surface area (Å²) in [6.07, 6.45) is 0. The molecule has 0 radical (unpaired) electrons. The first-order valence-electron chi connectivity index (χ1n) is 6.44. The molecule has 1 heterocycles. The largest absolute Gasteiger partial charge is 0.383 e. The van der Waals surface area contributed by atoms with Crippen molar-refractivity contribution >= 4 is 28.7 Å². The highest BCUT2D eigenvalue weighted by atomic mass is 32.1. The molecule has 1 aromatic heterocycles. The second kappa shape index (κ2) is 6.54. The van der Waals surface area contributed by atoms with Crippen molar-refractivity contribution in [1.29, 1.82) is 0 Å². The third-order valence-corrected chi connectivity index (χ3v) is 4.10. The third kappa shape index (κ3) is 4.03. The van der Waals surface area contributed by atoms with E-state index in [0.717, 1.165) is 4.88 Å². The number of rotatable bonds is 5. The number of nitro benzene ring substituents is 1. The first-order valence-corrected chi connectivity index (χ1v) is 7.32. The summed E-state index contributed by atoms with van der Waals surface area (Å²) in [5, 5.41) is 27.8. The van der Waals surface area contributed by atoms with Crippen molar-refractivity contribution in [2.75, 3.05) is 11.9 Å². The molecule has 0 aliphatic rings. The van der Waals surface area contributed by atoms with Crippen LogP contribution in [-0.2, 0) is 5.60 Å². The van der Waals surface area contributed by atoms with Crippen LogP contribution >= 0.6 is 11.3 Å². The summed E-state index contributed by atoms with van der Waals surface area (Å²) in [4.78, 5) is 22.6. The van der Waals surface area contributed by atoms with Crippen molar-refractivity contribution in [2.45, 2.75) is 12.5 Å². The average molecular weight is 321 g/mol. The summed E-state index contributed by atoms with van der Waals surface area (Å²) < 4.78 is 0. The van der Waals surface area contributed by atoms with Gasteiger partial charge in [0, 0.05) is 22.7 Å². The lowest BCUT2D eigenvalue weighted by Gasteiger charge is -2.22. The topological polar surface area (TPSA) is 104 Å². The van der Waals surface area contributed by atoms with Gasteiger partial charge in [0.2, 0.25) is 0 Å². The van der Waals surface area contributed by atoms with E-state index >= 15 is 0 Å². The van der Waals surface area contributed by atoms with Crippen molar-refractivity contribution in [3.05, 3.63) is 56.8 Å². The summed E-state index contributed by atoms with van der Waals surface area (Å²) in [6, 6.07) is 8.61. The molecule has 1 atom stereocenters. The van der Waals surface area contributed by atoms with Gasteiger partial charge in [0.25, 0.3) is 5.69 Å². The van der Waals surface area contributed by atoms with Crippen LogP contribution in [0, 0.1) is 10.1 Å². The lowest BCUT2D eigenvalue weighted by atomic mass is 10.1. The Morgan fingerprint density at radius 3 is 2.59 bits per heavy atom. The molecule has 0 aliphatic heterocycles. The van der Waals surface area contributed by atoms with Gasteiger partial charge in [0.1, 0.15) is 5.60 Å². The summed E-state index contributed by atoms with van der Waals surface area (Å²) in [6.45, 7) is 1.66. The Balaban J connectivity index is 1.89. The number of nitrogens with zero attached hydrogens (tertiary/aromatic N) is 1. The minimum Gasteiger partial charge on any atom is -0.383 e. The van der Waals surface area contributed by atoms with E-state index in [2.05, 4.69) is 10.6 Å². The maximum atomic E-state index is 11.8. The second-order valence-electron chi connectivity index (χ2n) is 4.86. The molecule has 8 heteroatoms. The summed E-state index contributed by atoms with van der Waals surface area (Å²) in [7, 11) is 0. The van der Waals surface area contributed by atoms with Crippen LogP contribution in [0.4, 0.5) is 16.2 Å². The van der Waals surface area contributed by atoms with Crippen LogP contribution in [0.15, 0.2) is 41.8 Å². The smallest absolute Gasteiger partial charge is 0.319 e. The van der Waals surface area contributed by atoms with Crippen LogP contribution in [0.5, 0.6) is 0 Å². The molecule has 1 aromatic carbocycles. The van der Waals surface area contributed by atoms with E-state index in [1.165, 1.54) is 35.6 Å². The van der Waals surface area contributed by atoms with E-state index in [0.29, 0.717) is 5.69 Å². The Morgan fingerprint density at radius 2 is 2.05 bits per heavy atom. The van der Waals surface area contributed by atoms with Crippen molar-refractivity contribution in [1.82, 2.24) is 5.32 Å². The SMILES string of the molecule is CC(O)(CNC(=O)Nc1ccc([N+](=O)[O-])cc1)c1cccs1. The fraction of sp³-hybridized carbons (Fsp3) is 0.214. The number of hydrogen-bond donors (Lipinski definition) is 3. The highest BCUT2D eigenvalue weighted by Crippen LogP contribution is 2.24. The van der Waals surface area contributed by atoms with Crippen LogP contribution in [0.1, 0.15) is 11.8 Å². The molecule has 0 saturated carbocycles. The highest BCUT2D eigenvalue weighted by Gasteiger charge is 2.24. The number of thiophene rings is 1. The van der Waals surface area contributed by atoms with Gasteiger partial charge in [0.15, 0.2) is 0 Å². The minimum absolute atomic E-state index is 0.0479. The molecule has 0 spiro atoms. The van der Waals surface area contributed by atoms with Crippen LogP contribution < -0.4 is 10.6 Å². The van der Waals surface area contributed by atoms with Crippen LogP contribution in [0.25, 0.3) is 0 Å². The van der Waals surface area contributed by atoms with Gasteiger partial charge >= 0.3 is 6.03 Å². The molecule has 2 rings (SSSR count). The number of aliphatic hydroxyl groups is 1. The van der Waals surface area contributed by atoms with Crippen molar-refractivity contribution in [3.63, 3.8) is 0 Å². The Hall–Kier alpha value is -2.45. The van der Waals surface area contributed by atoms with Crippen LogP contribution in [-0.4, -0.2) is 22.6 Å². The molecule has 22 heavy (non-hydrogen) atoms. The van der Waals surface area contributed by atoms with Gasteiger partial charge in [-0.25, -0.2) is 4.79 Å². The van der Waals surface area contributed by atoms with Crippen LogP contribution in [0.2, 0.25) is 0 Å². The maximum Gasteiger partial charge on any atom is 0.319 e. The normalized spacial score (nSPS) is 13.2. The van der Waals surface area contributed by atoms with Crippen molar-refractivity contribution < 1.29 is 14.8 Å². The standard InChI is InChI=1S/C14H15N3O4S/c1-14(19,12-3-2-8-22-12)9-15-13(18)16-10-4-6-11(7-5-10)17(20)21/h2-8,19H,9H2,1H3,(H2,15,16,18). The molecular weight excluding hydrogens is 306 g/mol. The van der Waals surface area contributed by atoms with E-state index in [-0.39, 0.29) is 12.2 Å². The number of non-ortho nitro benzene ring substituents is 1. The molecular formula is C14H15N3O4S. The predicted molar refractivity (Wildman–Crippen MR) is 84.0 cm³/mol. The molecule has 0 saturated heterocycles. The Bertz CT molecular complexity index is 653. The monoisotopic (exact) mass is 321 g/mol. The lowest BCUT2D eigenvalue weighted by molar-refractivity contribution is -0.384. The van der Waals surface area contributed by atoms with Crippen molar-refractivity contribution in [2.24, 2.45) is 0 Å². The molecule has 116 valence electrons. The predicted octanol–water partition coefficient (Wildman–Crippen LogP) is 2.69. The maximum absolute atomic E-state index is 11.8. The van der Waals surface area contributed by atoms with Gasteiger partial charge in [-0.1, -0.05) is 6.07 Å². The van der Waals surface area contributed by atoms with Crippen LogP contribution in [0.3, 0.4) is 0 Å². The zero-order valence-corrected chi connectivity index (χ0v) is 12.6. The first kappa shape index (κ1) is 15.9. The highest BCUT2D eigenvalue weighted by molar-refractivity contribution is 7.10. The molecule has 1 unspecified atom stereocenters. The lowest BCUT2D eigenvalue weighted by Crippen LogP contribution is -2.40. The summed E-state index contributed by atoms with van der Waals surface area (Å²) in [5.41, 5.74) is -0.772. The van der Waals surface area contributed by atoms with Crippen molar-refractivity contribution in [3.8, 4) is 0 Å². The number of hydrogen-bond acceptors (Lipinski definition) is 5. The Morgan fingerprint density at radius 1 is 1.36 bits per heavy atom. The first-order chi connectivity index (χ1) is 10.4. The third-order valence-electron chi connectivity index (χ3n) is 2.98. The van der Waals surface area contributed by atoms with E-state index < -0.39 is 16.6 Å². The molecule has 0 fully saturated rings. The Kier molecular flexibility index (Phi) is 4.74. The molecule has 7 nitrogen and oxygen atoms in total. The van der Waals surface area contributed by atoms with E-state index in [1.807, 2.05) is 11.4 Å². The van der Waals surface area contributed by atoms with Gasteiger partial charge in [-0.05, 0) is 30.5 Å². The van der Waals surface area contributed by atoms with Gasteiger partial charge in [-0.15, -0.1) is 11.3 Å². The zero-order chi connectivity index (χ0) is 16.2. The van der Waals surface area contributed by atoms with Gasteiger partial charge in [-0.3, -0.25) is 10.1 Å². The molecule has 0 aliphatic carbocycles. The van der Waals surface area contributed by atoms with E-state index in [4.69, 9.17) is 0 Å². The van der Waals surface area contributed by atoms with Gasteiger partial charge in [-0.2, -0.15) is 0 Å². The van der Waals surface area contributed by atoms with Gasteiger partial charge < -0.3 is 15.7 Å². The number of anilines is 1. The molecule has 0 bridgehead atoms. The number of nitro groups is 1. The van der Waals surface area contributed by atoms with E-state index in [1.54, 1.807) is 13.0 Å². The average Bonchev–Trinajstić information content (AvgIpc) is 3.01. The van der Waals surface area contributed by atoms with E-state index in [9.17, 15) is 20.0 Å². The number of urea groups is 1. The number of amides is 2. The fourth-order valence-electron chi connectivity index (χ4n) is 1.77. The number of benzene rings is 1. The number of nitrogens with one attached hydrogen (secondary N) is 2. The molecule has 2 amide bonds. The molecule has 2 aromatic rings. The Labute approximate surface area is 130 Å². The number of carbonyl (C=O) groups excluding carboxylic acids is 1. The number of carbonyl (C=O) groups is 1. The zero-order valence-electron chi connectivity index (χ0n) is 11.8. The fourth-order valence-corrected chi connectivity index (χ4v) is 2.55. The summed E-state index contributed by atoms with van der Waals surface area (Å²) >= 11 is 1.40. The quantitative estimate of drug-likeness (QED) is 0.581. The minimum atomic E-state index is -1.15. The van der Waals surface area contributed by atoms with Gasteiger partial charge in [0.05, 0.1) is 11.5 Å². The molecule has 3 N–H and O–H groups in total. The summed E-state index contributed by atoms with van der Waals surface area (Å²) in [5.74, 6) is 0.